The van der Waals surface area contributed by atoms with Crippen LogP contribution in [-0.4, -0.2) is 26.5 Å². The number of rotatable bonds is 5. The lowest BCUT2D eigenvalue weighted by Crippen LogP contribution is -2.21. The standard InChI is InChI=1S/C23H22N4O3/c1-3-28-18-10-8-16(9-11-18)21-13-27-17(14-29-21)12-20(25-27)23-24-22(26-30-23)19-7-5-4-6-15(19)2/h4-12,21H,3,13-14H2,1-2H3/t21-/m0/s1. The Morgan fingerprint density at radius 1 is 1.13 bits per heavy atom. The van der Waals surface area contributed by atoms with Crippen LogP contribution >= 0.6 is 0 Å². The van der Waals surface area contributed by atoms with Crippen molar-refractivity contribution < 1.29 is 14.0 Å². The van der Waals surface area contributed by atoms with Crippen LogP contribution in [0.5, 0.6) is 5.75 Å². The monoisotopic (exact) mass is 402 g/mol. The van der Waals surface area contributed by atoms with Crippen molar-refractivity contribution in [2.45, 2.75) is 33.1 Å². The molecule has 0 spiro atoms. The molecule has 4 aromatic rings. The molecule has 1 atom stereocenters. The maximum Gasteiger partial charge on any atom is 0.278 e. The van der Waals surface area contributed by atoms with Crippen LogP contribution in [0, 0.1) is 6.92 Å². The number of aromatic nitrogens is 4. The van der Waals surface area contributed by atoms with Gasteiger partial charge in [-0.25, -0.2) is 0 Å². The Kier molecular flexibility index (Phi) is 4.80. The van der Waals surface area contributed by atoms with E-state index in [1.165, 1.54) is 0 Å². The maximum atomic E-state index is 6.06. The van der Waals surface area contributed by atoms with E-state index in [1.54, 1.807) is 0 Å². The second-order valence-corrected chi connectivity index (χ2v) is 7.24. The van der Waals surface area contributed by atoms with Crippen LogP contribution in [0.4, 0.5) is 0 Å². The molecule has 0 saturated carbocycles. The molecular weight excluding hydrogens is 380 g/mol. The van der Waals surface area contributed by atoms with Crippen molar-refractivity contribution in [1.29, 1.82) is 0 Å². The lowest BCUT2D eigenvalue weighted by molar-refractivity contribution is -0.00115. The number of hydrogen-bond acceptors (Lipinski definition) is 6. The van der Waals surface area contributed by atoms with Gasteiger partial charge in [0.15, 0.2) is 5.69 Å². The van der Waals surface area contributed by atoms with Crippen molar-refractivity contribution >= 4 is 0 Å². The molecule has 5 rings (SSSR count). The average Bonchev–Trinajstić information content (AvgIpc) is 3.41. The summed E-state index contributed by atoms with van der Waals surface area (Å²) in [5.74, 6) is 1.84. The van der Waals surface area contributed by atoms with E-state index in [2.05, 4.69) is 15.2 Å². The summed E-state index contributed by atoms with van der Waals surface area (Å²) >= 11 is 0. The van der Waals surface area contributed by atoms with Crippen LogP contribution in [0.2, 0.25) is 0 Å². The minimum atomic E-state index is -0.0638. The Labute approximate surface area is 174 Å². The third-order valence-electron chi connectivity index (χ3n) is 5.23. The van der Waals surface area contributed by atoms with Gasteiger partial charge in [-0.3, -0.25) is 4.68 Å². The number of benzene rings is 2. The second-order valence-electron chi connectivity index (χ2n) is 7.24. The highest BCUT2D eigenvalue weighted by molar-refractivity contribution is 5.61. The van der Waals surface area contributed by atoms with Crippen LogP contribution in [-0.2, 0) is 17.9 Å². The summed E-state index contributed by atoms with van der Waals surface area (Å²) in [4.78, 5) is 4.55. The summed E-state index contributed by atoms with van der Waals surface area (Å²) in [6.07, 6.45) is -0.0638. The zero-order valence-corrected chi connectivity index (χ0v) is 16.9. The Hall–Kier alpha value is -3.45. The van der Waals surface area contributed by atoms with Gasteiger partial charge in [0.05, 0.1) is 25.5 Å². The van der Waals surface area contributed by atoms with Gasteiger partial charge in [-0.1, -0.05) is 41.6 Å². The van der Waals surface area contributed by atoms with E-state index >= 15 is 0 Å². The summed E-state index contributed by atoms with van der Waals surface area (Å²) in [7, 11) is 0. The van der Waals surface area contributed by atoms with Crippen molar-refractivity contribution in [1.82, 2.24) is 19.9 Å². The molecule has 1 aliphatic heterocycles. The predicted octanol–water partition coefficient (Wildman–Crippen LogP) is 4.58. The normalized spacial score (nSPS) is 15.7. The van der Waals surface area contributed by atoms with E-state index in [9.17, 15) is 0 Å². The highest BCUT2D eigenvalue weighted by Gasteiger charge is 2.24. The summed E-state index contributed by atoms with van der Waals surface area (Å²) in [5, 5.41) is 8.83. The molecule has 3 heterocycles. The molecule has 1 aliphatic rings. The first-order chi connectivity index (χ1) is 14.7. The predicted molar refractivity (Wildman–Crippen MR) is 111 cm³/mol. The van der Waals surface area contributed by atoms with Crippen molar-refractivity contribution in [2.24, 2.45) is 0 Å². The molecular formula is C23H22N4O3. The number of aryl methyl sites for hydroxylation is 1. The molecule has 7 nitrogen and oxygen atoms in total. The first-order valence-corrected chi connectivity index (χ1v) is 10.0. The van der Waals surface area contributed by atoms with Gasteiger partial charge in [-0.2, -0.15) is 10.1 Å². The Balaban J connectivity index is 1.36. The fourth-order valence-corrected chi connectivity index (χ4v) is 3.64. The van der Waals surface area contributed by atoms with Gasteiger partial charge < -0.3 is 14.0 Å². The van der Waals surface area contributed by atoms with Crippen LogP contribution < -0.4 is 4.74 Å². The Morgan fingerprint density at radius 3 is 2.77 bits per heavy atom. The quantitative estimate of drug-likeness (QED) is 0.486. The van der Waals surface area contributed by atoms with Gasteiger partial charge in [-0.15, -0.1) is 0 Å². The average molecular weight is 402 g/mol. The number of nitrogens with zero attached hydrogens (tertiary/aromatic N) is 4. The number of fused-ring (bicyclic) bond motifs is 1. The van der Waals surface area contributed by atoms with E-state index in [1.807, 2.05) is 73.1 Å². The maximum absolute atomic E-state index is 6.06. The van der Waals surface area contributed by atoms with Gasteiger partial charge in [0.25, 0.3) is 5.89 Å². The second kappa shape index (κ2) is 7.76. The molecule has 0 radical (unpaired) electrons. The zero-order valence-electron chi connectivity index (χ0n) is 16.9. The van der Waals surface area contributed by atoms with Crippen LogP contribution in [0.15, 0.2) is 59.1 Å². The summed E-state index contributed by atoms with van der Waals surface area (Å²) in [6.45, 7) is 5.76. The van der Waals surface area contributed by atoms with Crippen LogP contribution in [0.3, 0.4) is 0 Å². The fourth-order valence-electron chi connectivity index (χ4n) is 3.64. The third-order valence-corrected chi connectivity index (χ3v) is 5.23. The molecule has 0 amide bonds. The number of ether oxygens (including phenoxy) is 2. The molecule has 152 valence electrons. The van der Waals surface area contributed by atoms with Crippen molar-refractivity contribution in [3.05, 3.63) is 71.4 Å². The van der Waals surface area contributed by atoms with Crippen LogP contribution in [0.1, 0.15) is 29.8 Å². The topological polar surface area (TPSA) is 75.2 Å². The van der Waals surface area contributed by atoms with Gasteiger partial charge in [0.1, 0.15) is 11.9 Å². The Morgan fingerprint density at radius 2 is 1.97 bits per heavy atom. The van der Waals surface area contributed by atoms with E-state index in [0.717, 1.165) is 28.1 Å². The molecule has 0 bridgehead atoms. The minimum Gasteiger partial charge on any atom is -0.494 e. The van der Waals surface area contributed by atoms with E-state index < -0.39 is 0 Å². The van der Waals surface area contributed by atoms with Gasteiger partial charge in [0.2, 0.25) is 5.82 Å². The van der Waals surface area contributed by atoms with Crippen molar-refractivity contribution in [3.8, 4) is 28.7 Å². The third kappa shape index (κ3) is 3.48. The first kappa shape index (κ1) is 18.6. The molecule has 0 N–H and O–H groups in total. The molecule has 30 heavy (non-hydrogen) atoms. The van der Waals surface area contributed by atoms with E-state index in [-0.39, 0.29) is 6.10 Å². The fraction of sp³-hybridized carbons (Fsp3) is 0.261. The molecule has 2 aromatic heterocycles. The van der Waals surface area contributed by atoms with E-state index in [4.69, 9.17) is 14.0 Å². The molecule has 0 aliphatic carbocycles. The summed E-state index contributed by atoms with van der Waals surface area (Å²) in [5.41, 5.74) is 4.80. The van der Waals surface area contributed by atoms with Gasteiger partial charge in [0, 0.05) is 5.56 Å². The van der Waals surface area contributed by atoms with Crippen molar-refractivity contribution in [2.75, 3.05) is 6.61 Å². The molecule has 7 heteroatoms. The van der Waals surface area contributed by atoms with Crippen molar-refractivity contribution in [3.63, 3.8) is 0 Å². The summed E-state index contributed by atoms with van der Waals surface area (Å²) < 4.78 is 19.0. The molecule has 0 saturated heterocycles. The van der Waals surface area contributed by atoms with Crippen LogP contribution in [0.25, 0.3) is 23.0 Å². The SMILES string of the molecule is CCOc1ccc([C@@H]2Cn3nc(-c4nc(-c5ccccc5C)no4)cc3CO2)cc1. The molecule has 0 unspecified atom stereocenters. The lowest BCUT2D eigenvalue weighted by atomic mass is 10.1. The Bertz CT molecular complexity index is 1160. The van der Waals surface area contributed by atoms with Gasteiger partial charge in [-0.05, 0) is 43.2 Å². The highest BCUT2D eigenvalue weighted by Crippen LogP contribution is 2.30. The molecule has 0 fully saturated rings. The first-order valence-electron chi connectivity index (χ1n) is 10.0. The highest BCUT2D eigenvalue weighted by atomic mass is 16.5. The van der Waals surface area contributed by atoms with Gasteiger partial charge >= 0.3 is 0 Å². The summed E-state index contributed by atoms with van der Waals surface area (Å²) in [6, 6.07) is 17.9. The smallest absolute Gasteiger partial charge is 0.278 e. The lowest BCUT2D eigenvalue weighted by Gasteiger charge is -2.24. The largest absolute Gasteiger partial charge is 0.494 e. The molecule has 2 aromatic carbocycles. The zero-order chi connectivity index (χ0) is 20.5. The minimum absolute atomic E-state index is 0.0638. The van der Waals surface area contributed by atoms with E-state index in [0.29, 0.717) is 37.2 Å². The number of hydrogen-bond donors (Lipinski definition) is 0.